The molecule has 2 aromatic heterocycles. The van der Waals surface area contributed by atoms with Gasteiger partial charge in [0.1, 0.15) is 0 Å². The third-order valence-corrected chi connectivity index (χ3v) is 4.12. The van der Waals surface area contributed by atoms with Crippen molar-refractivity contribution in [3.05, 3.63) is 60.0 Å². The molecule has 6 nitrogen and oxygen atoms in total. The number of carboxylic acids is 1. The molecule has 142 valence electrons. The average Bonchev–Trinajstić information content (AvgIpc) is 3.15. The lowest BCUT2D eigenvalue weighted by Crippen LogP contribution is -2.21. The highest BCUT2D eigenvalue weighted by atomic mass is 19.4. The van der Waals surface area contributed by atoms with E-state index in [0.717, 1.165) is 24.5 Å². The summed E-state index contributed by atoms with van der Waals surface area (Å²) in [5.41, 5.74) is 5.97. The molecule has 0 bridgehead atoms. The number of nitrogens with one attached hydrogen (secondary N) is 1. The molecule has 0 atom stereocenters. The molecule has 3 aromatic rings. The predicted octanol–water partition coefficient (Wildman–Crippen LogP) is 3.11. The molecule has 0 amide bonds. The Hall–Kier alpha value is -3.07. The zero-order chi connectivity index (χ0) is 19.6. The van der Waals surface area contributed by atoms with E-state index >= 15 is 0 Å². The van der Waals surface area contributed by atoms with E-state index in [1.807, 2.05) is 22.9 Å². The summed E-state index contributed by atoms with van der Waals surface area (Å²) < 4.78 is 35.9. The van der Waals surface area contributed by atoms with Gasteiger partial charge in [-0.15, -0.1) is 0 Å². The number of hydrogen-bond acceptors (Lipinski definition) is 3. The third kappa shape index (κ3) is 4.03. The van der Waals surface area contributed by atoms with E-state index in [1.165, 1.54) is 16.8 Å². The number of rotatable bonds is 1. The zero-order valence-electron chi connectivity index (χ0n) is 14.4. The SMILES string of the molecule is Cn1ccc2c1CNCc1cn(-c3ccccc3)nc1-2.O=C(O)C(F)(F)F. The van der Waals surface area contributed by atoms with Gasteiger partial charge in [-0.1, -0.05) is 18.2 Å². The molecule has 0 spiro atoms. The fourth-order valence-corrected chi connectivity index (χ4v) is 2.79. The van der Waals surface area contributed by atoms with E-state index in [2.05, 4.69) is 47.5 Å². The summed E-state index contributed by atoms with van der Waals surface area (Å²) in [7, 11) is 2.08. The van der Waals surface area contributed by atoms with Crippen molar-refractivity contribution in [2.45, 2.75) is 19.3 Å². The van der Waals surface area contributed by atoms with Crippen LogP contribution in [0.3, 0.4) is 0 Å². The number of halogens is 3. The summed E-state index contributed by atoms with van der Waals surface area (Å²) in [6.07, 6.45) is -0.858. The number of aliphatic carboxylic acids is 1. The van der Waals surface area contributed by atoms with Crippen LogP contribution in [0.5, 0.6) is 0 Å². The van der Waals surface area contributed by atoms with Crippen LogP contribution in [0, 0.1) is 0 Å². The van der Waals surface area contributed by atoms with E-state index in [-0.39, 0.29) is 0 Å². The molecule has 1 aromatic carbocycles. The topological polar surface area (TPSA) is 72.1 Å². The van der Waals surface area contributed by atoms with Gasteiger partial charge in [0, 0.05) is 49.4 Å². The minimum Gasteiger partial charge on any atom is -0.475 e. The molecule has 1 aliphatic heterocycles. The van der Waals surface area contributed by atoms with Crippen LogP contribution in [0.2, 0.25) is 0 Å². The number of aryl methyl sites for hydroxylation is 1. The smallest absolute Gasteiger partial charge is 0.475 e. The standard InChI is InChI=1S/C16H16N4.C2HF3O2/c1-19-8-7-14-15(19)10-17-9-12-11-20(18-16(12)14)13-5-3-2-4-6-13;3-2(4,5)1(6)7/h2-8,11,17H,9-10H2,1H3;(H,6,7). The van der Waals surface area contributed by atoms with Gasteiger partial charge in [-0.25, -0.2) is 9.48 Å². The first-order valence-electron chi connectivity index (χ1n) is 8.06. The van der Waals surface area contributed by atoms with E-state index in [9.17, 15) is 13.2 Å². The van der Waals surface area contributed by atoms with Gasteiger partial charge in [-0.05, 0) is 18.2 Å². The summed E-state index contributed by atoms with van der Waals surface area (Å²) in [5.74, 6) is -2.76. The van der Waals surface area contributed by atoms with Crippen LogP contribution >= 0.6 is 0 Å². The Labute approximate surface area is 152 Å². The van der Waals surface area contributed by atoms with Crippen molar-refractivity contribution in [1.29, 1.82) is 0 Å². The van der Waals surface area contributed by atoms with Gasteiger partial charge in [0.05, 0.1) is 11.4 Å². The van der Waals surface area contributed by atoms with E-state index in [4.69, 9.17) is 15.0 Å². The molecular weight excluding hydrogens is 361 g/mol. The Bertz CT molecular complexity index is 945. The largest absolute Gasteiger partial charge is 0.490 e. The number of alkyl halides is 3. The van der Waals surface area contributed by atoms with Crippen LogP contribution in [0.25, 0.3) is 16.9 Å². The second-order valence-corrected chi connectivity index (χ2v) is 5.98. The van der Waals surface area contributed by atoms with E-state index in [0.29, 0.717) is 0 Å². The Morgan fingerprint density at radius 2 is 1.85 bits per heavy atom. The summed E-state index contributed by atoms with van der Waals surface area (Å²) >= 11 is 0. The van der Waals surface area contributed by atoms with Gasteiger partial charge < -0.3 is 15.0 Å². The Balaban J connectivity index is 0.000000260. The maximum atomic E-state index is 10.6. The number of carboxylic acid groups (broad SMARTS) is 1. The molecule has 4 rings (SSSR count). The normalized spacial score (nSPS) is 13.0. The molecule has 0 saturated carbocycles. The van der Waals surface area contributed by atoms with Crippen LogP contribution < -0.4 is 5.32 Å². The maximum absolute atomic E-state index is 10.6. The molecule has 9 heteroatoms. The first-order chi connectivity index (χ1) is 12.8. The van der Waals surface area contributed by atoms with Crippen molar-refractivity contribution < 1.29 is 23.1 Å². The van der Waals surface area contributed by atoms with Gasteiger partial charge in [0.2, 0.25) is 0 Å². The molecule has 2 N–H and O–H groups in total. The molecule has 0 unspecified atom stereocenters. The lowest BCUT2D eigenvalue weighted by atomic mass is 10.1. The van der Waals surface area contributed by atoms with Crippen LogP contribution in [0.4, 0.5) is 13.2 Å². The Kier molecular flexibility index (Phi) is 5.04. The van der Waals surface area contributed by atoms with Crippen molar-refractivity contribution in [3.8, 4) is 16.9 Å². The minimum absolute atomic E-state index is 0.858. The fraction of sp³-hybridized carbons (Fsp3) is 0.222. The molecular formula is C18H17F3N4O2. The molecule has 0 radical (unpaired) electrons. The molecule has 3 heterocycles. The molecule has 0 fully saturated rings. The highest BCUT2D eigenvalue weighted by molar-refractivity contribution is 5.73. The monoisotopic (exact) mass is 378 g/mol. The zero-order valence-corrected chi connectivity index (χ0v) is 14.4. The van der Waals surface area contributed by atoms with Gasteiger partial charge in [0.15, 0.2) is 0 Å². The van der Waals surface area contributed by atoms with Crippen LogP contribution in [0.1, 0.15) is 11.3 Å². The predicted molar refractivity (Wildman–Crippen MR) is 92.2 cm³/mol. The quantitative estimate of drug-likeness (QED) is 0.683. The van der Waals surface area contributed by atoms with Gasteiger partial charge >= 0.3 is 12.1 Å². The first-order valence-corrected chi connectivity index (χ1v) is 8.06. The second-order valence-electron chi connectivity index (χ2n) is 5.98. The number of fused-ring (bicyclic) bond motifs is 3. The van der Waals surface area contributed by atoms with Crippen LogP contribution in [0.15, 0.2) is 48.8 Å². The molecule has 0 aliphatic carbocycles. The Morgan fingerprint density at radius 1 is 1.19 bits per heavy atom. The summed E-state index contributed by atoms with van der Waals surface area (Å²) in [6.45, 7) is 1.75. The Morgan fingerprint density at radius 3 is 2.48 bits per heavy atom. The van der Waals surface area contributed by atoms with Gasteiger partial charge in [0.25, 0.3) is 0 Å². The third-order valence-electron chi connectivity index (χ3n) is 4.12. The number of benzene rings is 1. The minimum atomic E-state index is -5.08. The summed E-state index contributed by atoms with van der Waals surface area (Å²) in [6, 6.07) is 12.4. The molecule has 0 saturated heterocycles. The van der Waals surface area contributed by atoms with Gasteiger partial charge in [-0.3, -0.25) is 0 Å². The number of carbonyl (C=O) groups is 1. The molecule has 1 aliphatic rings. The van der Waals surface area contributed by atoms with Crippen LogP contribution in [-0.4, -0.2) is 31.6 Å². The fourth-order valence-electron chi connectivity index (χ4n) is 2.79. The highest BCUT2D eigenvalue weighted by Gasteiger charge is 2.38. The summed E-state index contributed by atoms with van der Waals surface area (Å²) in [5, 5.41) is 15.4. The number of hydrogen-bond donors (Lipinski definition) is 2. The lowest BCUT2D eigenvalue weighted by Gasteiger charge is -2.04. The second kappa shape index (κ2) is 7.28. The first kappa shape index (κ1) is 18.7. The highest BCUT2D eigenvalue weighted by Crippen LogP contribution is 2.29. The van der Waals surface area contributed by atoms with Crippen LogP contribution in [-0.2, 0) is 24.9 Å². The van der Waals surface area contributed by atoms with Crippen molar-refractivity contribution in [2.75, 3.05) is 0 Å². The molecule has 27 heavy (non-hydrogen) atoms. The average molecular weight is 378 g/mol. The van der Waals surface area contributed by atoms with E-state index in [1.54, 1.807) is 0 Å². The number of aromatic nitrogens is 3. The number of para-hydroxylation sites is 1. The van der Waals surface area contributed by atoms with Gasteiger partial charge in [-0.2, -0.15) is 18.3 Å². The van der Waals surface area contributed by atoms with Crippen molar-refractivity contribution >= 4 is 5.97 Å². The lowest BCUT2D eigenvalue weighted by molar-refractivity contribution is -0.192. The van der Waals surface area contributed by atoms with Crippen molar-refractivity contribution in [2.24, 2.45) is 7.05 Å². The van der Waals surface area contributed by atoms with Crippen molar-refractivity contribution in [3.63, 3.8) is 0 Å². The maximum Gasteiger partial charge on any atom is 0.490 e. The summed E-state index contributed by atoms with van der Waals surface area (Å²) in [4.78, 5) is 8.90. The number of nitrogens with zero attached hydrogens (tertiary/aromatic N) is 3. The van der Waals surface area contributed by atoms with E-state index < -0.39 is 12.1 Å². The van der Waals surface area contributed by atoms with Crippen molar-refractivity contribution in [1.82, 2.24) is 19.7 Å².